The summed E-state index contributed by atoms with van der Waals surface area (Å²) in [6.45, 7) is 0.476. The molecule has 0 saturated carbocycles. The molecule has 3 heterocycles. The van der Waals surface area contributed by atoms with E-state index in [2.05, 4.69) is 65.4 Å². The van der Waals surface area contributed by atoms with E-state index in [0.717, 1.165) is 27.2 Å². The molecule has 1 saturated heterocycles. The summed E-state index contributed by atoms with van der Waals surface area (Å²) in [7, 11) is 0. The number of hydrogen-bond donors (Lipinski definition) is 2. The van der Waals surface area contributed by atoms with Gasteiger partial charge in [-0.2, -0.15) is 0 Å². The summed E-state index contributed by atoms with van der Waals surface area (Å²) in [5, 5.41) is 7.04. The third-order valence-electron chi connectivity index (χ3n) is 6.02. The molecule has 1 aliphatic heterocycles. The number of pyridine rings is 1. The zero-order valence-electron chi connectivity index (χ0n) is 18.8. The number of hydrogen-bond acceptors (Lipinski definition) is 3. The maximum atomic E-state index is 12.7. The van der Waals surface area contributed by atoms with Crippen LogP contribution in [0.15, 0.2) is 102 Å². The van der Waals surface area contributed by atoms with E-state index < -0.39 is 0 Å². The van der Waals surface area contributed by atoms with Gasteiger partial charge in [-0.3, -0.25) is 9.78 Å². The average Bonchev–Trinajstić information content (AvgIpc) is 3.48. The topological polar surface area (TPSA) is 62.2 Å². The lowest BCUT2D eigenvalue weighted by molar-refractivity contribution is -0.116. The molecule has 0 aliphatic carbocycles. The molecule has 176 valence electrons. The second kappa shape index (κ2) is 10.4. The summed E-state index contributed by atoms with van der Waals surface area (Å²) in [4.78, 5) is 19.4. The van der Waals surface area contributed by atoms with Gasteiger partial charge in [0.15, 0.2) is 5.11 Å². The van der Waals surface area contributed by atoms with Gasteiger partial charge in [-0.1, -0.05) is 40.2 Å². The first-order valence-electron chi connectivity index (χ1n) is 11.4. The van der Waals surface area contributed by atoms with Crippen LogP contribution in [0.25, 0.3) is 5.69 Å². The third kappa shape index (κ3) is 5.13. The van der Waals surface area contributed by atoms with Gasteiger partial charge >= 0.3 is 0 Å². The first-order valence-corrected chi connectivity index (χ1v) is 12.6. The van der Waals surface area contributed by atoms with Crippen molar-refractivity contribution in [2.45, 2.75) is 18.5 Å². The van der Waals surface area contributed by atoms with E-state index >= 15 is 0 Å². The van der Waals surface area contributed by atoms with E-state index in [0.29, 0.717) is 18.1 Å². The van der Waals surface area contributed by atoms with Gasteiger partial charge in [-0.25, -0.2) is 0 Å². The van der Waals surface area contributed by atoms with Crippen molar-refractivity contribution in [3.05, 3.63) is 113 Å². The van der Waals surface area contributed by atoms with Crippen molar-refractivity contribution in [3.8, 4) is 5.69 Å². The van der Waals surface area contributed by atoms with Crippen molar-refractivity contribution in [1.29, 1.82) is 0 Å². The number of anilines is 1. The molecule has 1 aliphatic rings. The van der Waals surface area contributed by atoms with Crippen LogP contribution >= 0.6 is 28.1 Å². The van der Waals surface area contributed by atoms with Gasteiger partial charge in [0, 0.05) is 46.9 Å². The predicted octanol–water partition coefficient (Wildman–Crippen LogP) is 5.64. The largest absolute Gasteiger partial charge is 0.352 e. The number of nitrogens with one attached hydrogen (secondary N) is 2. The highest BCUT2D eigenvalue weighted by Gasteiger charge is 2.41. The highest BCUT2D eigenvalue weighted by molar-refractivity contribution is 9.10. The fourth-order valence-electron chi connectivity index (χ4n) is 4.41. The molecule has 0 spiro atoms. The number of amides is 1. The molecule has 5 rings (SSSR count). The zero-order chi connectivity index (χ0) is 24.2. The van der Waals surface area contributed by atoms with Gasteiger partial charge in [-0.05, 0) is 72.9 Å². The van der Waals surface area contributed by atoms with Gasteiger partial charge in [0.05, 0.1) is 17.8 Å². The maximum Gasteiger partial charge on any atom is 0.226 e. The van der Waals surface area contributed by atoms with Crippen LogP contribution in [0.1, 0.15) is 29.9 Å². The Morgan fingerprint density at radius 2 is 1.77 bits per heavy atom. The molecule has 2 N–H and O–H groups in total. The normalized spacial score (nSPS) is 17.3. The molecule has 0 bridgehead atoms. The van der Waals surface area contributed by atoms with Crippen molar-refractivity contribution in [1.82, 2.24) is 19.8 Å². The minimum absolute atomic E-state index is 0.0534. The molecular formula is C27H24BrN5OS. The van der Waals surface area contributed by atoms with Gasteiger partial charge in [0.25, 0.3) is 0 Å². The molecule has 8 heteroatoms. The standard InChI is InChI=1S/C27H24BrN5OS/c28-19-11-13-21(14-12-19)32-17-6-10-23(32)26-25(22-9-4-5-16-29-22)31-27(35)33(26)18-15-24(34)30-20-7-2-1-3-8-20/h1-14,16-17,25-26H,15,18H2,(H,30,34)(H,31,35)/t25-,26+/m0/s1. The van der Waals surface area contributed by atoms with Crippen LogP contribution in [0.5, 0.6) is 0 Å². The van der Waals surface area contributed by atoms with Crippen molar-refractivity contribution < 1.29 is 4.79 Å². The number of benzene rings is 2. The molecular weight excluding hydrogens is 522 g/mol. The summed E-state index contributed by atoms with van der Waals surface area (Å²) in [6, 6.07) is 27.4. The fraction of sp³-hybridized carbons (Fsp3) is 0.148. The van der Waals surface area contributed by atoms with E-state index in [1.165, 1.54) is 0 Å². The van der Waals surface area contributed by atoms with Crippen molar-refractivity contribution in [3.63, 3.8) is 0 Å². The molecule has 0 unspecified atom stereocenters. The van der Waals surface area contributed by atoms with Crippen LogP contribution in [0.2, 0.25) is 0 Å². The number of aromatic nitrogens is 2. The minimum Gasteiger partial charge on any atom is -0.352 e. The predicted molar refractivity (Wildman–Crippen MR) is 145 cm³/mol. The van der Waals surface area contributed by atoms with Crippen LogP contribution < -0.4 is 10.6 Å². The second-order valence-corrected chi connectivity index (χ2v) is 9.57. The summed E-state index contributed by atoms with van der Waals surface area (Å²) in [6.07, 6.45) is 4.15. The Labute approximate surface area is 218 Å². The lowest BCUT2D eigenvalue weighted by Crippen LogP contribution is -2.33. The SMILES string of the molecule is O=C(CCN1C(=S)N[C@@H](c2ccccn2)[C@H]1c1cccn1-c1ccc(Br)cc1)Nc1ccccc1. The minimum atomic E-state index is -0.148. The monoisotopic (exact) mass is 545 g/mol. The lowest BCUT2D eigenvalue weighted by Gasteiger charge is -2.29. The summed E-state index contributed by atoms with van der Waals surface area (Å²) in [5.41, 5.74) is 3.80. The first kappa shape index (κ1) is 23.3. The van der Waals surface area contributed by atoms with Gasteiger partial charge in [0.1, 0.15) is 0 Å². The van der Waals surface area contributed by atoms with Gasteiger partial charge in [-0.15, -0.1) is 0 Å². The molecule has 4 aromatic rings. The number of nitrogens with zero attached hydrogens (tertiary/aromatic N) is 3. The molecule has 1 fully saturated rings. The van der Waals surface area contributed by atoms with E-state index in [-0.39, 0.29) is 18.0 Å². The average molecular weight is 546 g/mol. The van der Waals surface area contributed by atoms with E-state index in [1.54, 1.807) is 6.20 Å². The van der Waals surface area contributed by atoms with Crippen molar-refractivity contribution in [2.24, 2.45) is 0 Å². The summed E-state index contributed by atoms with van der Waals surface area (Å²) < 4.78 is 3.19. The van der Waals surface area contributed by atoms with Gasteiger partial charge in [0.2, 0.25) is 5.91 Å². The van der Waals surface area contributed by atoms with Crippen LogP contribution in [-0.2, 0) is 4.79 Å². The highest BCUT2D eigenvalue weighted by Crippen LogP contribution is 2.39. The van der Waals surface area contributed by atoms with Crippen molar-refractivity contribution in [2.75, 3.05) is 11.9 Å². The number of carbonyl (C=O) groups excluding carboxylic acids is 1. The number of carbonyl (C=O) groups is 1. The molecule has 1 amide bonds. The zero-order valence-corrected chi connectivity index (χ0v) is 21.2. The smallest absolute Gasteiger partial charge is 0.226 e. The Balaban J connectivity index is 1.45. The Kier molecular flexibility index (Phi) is 6.92. The van der Waals surface area contributed by atoms with Crippen LogP contribution in [-0.4, -0.2) is 32.0 Å². The molecule has 35 heavy (non-hydrogen) atoms. The van der Waals surface area contributed by atoms with Gasteiger partial charge < -0.3 is 20.1 Å². The number of rotatable bonds is 7. The Morgan fingerprint density at radius 1 is 1.00 bits per heavy atom. The molecule has 2 atom stereocenters. The van der Waals surface area contributed by atoms with Crippen LogP contribution in [0.4, 0.5) is 5.69 Å². The third-order valence-corrected chi connectivity index (χ3v) is 6.90. The highest BCUT2D eigenvalue weighted by atomic mass is 79.9. The van der Waals surface area contributed by atoms with E-state index in [4.69, 9.17) is 12.2 Å². The fourth-order valence-corrected chi connectivity index (χ4v) is 5.00. The van der Waals surface area contributed by atoms with Crippen molar-refractivity contribution >= 4 is 44.9 Å². The summed E-state index contributed by atoms with van der Waals surface area (Å²) >= 11 is 9.29. The first-order chi connectivity index (χ1) is 17.1. The summed E-state index contributed by atoms with van der Waals surface area (Å²) in [5.74, 6) is -0.0534. The van der Waals surface area contributed by atoms with E-state index in [1.807, 2.05) is 66.7 Å². The second-order valence-electron chi connectivity index (χ2n) is 8.26. The maximum absolute atomic E-state index is 12.7. The van der Waals surface area contributed by atoms with E-state index in [9.17, 15) is 4.79 Å². The Hall–Kier alpha value is -3.49. The Bertz CT molecular complexity index is 1310. The van der Waals surface area contributed by atoms with Crippen LogP contribution in [0.3, 0.4) is 0 Å². The molecule has 6 nitrogen and oxygen atoms in total. The molecule has 2 aromatic carbocycles. The number of halogens is 1. The lowest BCUT2D eigenvalue weighted by atomic mass is 10.0. The number of thiocarbonyl (C=S) groups is 1. The molecule has 0 radical (unpaired) electrons. The number of para-hydroxylation sites is 1. The van der Waals surface area contributed by atoms with Crippen LogP contribution in [0, 0.1) is 0 Å². The Morgan fingerprint density at radius 3 is 2.51 bits per heavy atom. The molecule has 2 aromatic heterocycles. The quantitative estimate of drug-likeness (QED) is 0.294.